The average molecular weight is 627 g/mol. The highest BCUT2D eigenvalue weighted by molar-refractivity contribution is 7.20. The van der Waals surface area contributed by atoms with E-state index in [1.807, 2.05) is 6.07 Å². The van der Waals surface area contributed by atoms with Gasteiger partial charge in [-0.15, -0.1) is 11.3 Å². The van der Waals surface area contributed by atoms with E-state index in [1.54, 1.807) is 19.1 Å². The summed E-state index contributed by atoms with van der Waals surface area (Å²) in [5.41, 5.74) is 0.995. The first-order valence-corrected chi connectivity index (χ1v) is 14.8. The van der Waals surface area contributed by atoms with Crippen LogP contribution in [0.4, 0.5) is 39.0 Å². The van der Waals surface area contributed by atoms with E-state index in [1.165, 1.54) is 17.4 Å². The molecule has 13 heteroatoms. The lowest BCUT2D eigenvalue weighted by Gasteiger charge is -2.33. The summed E-state index contributed by atoms with van der Waals surface area (Å²) in [6, 6.07) is 7.75. The molecule has 234 valence electrons. The Balaban J connectivity index is 1.54. The second kappa shape index (κ2) is 14.9. The van der Waals surface area contributed by atoms with Crippen LogP contribution in [0.5, 0.6) is 5.75 Å². The molecule has 1 saturated heterocycles. The summed E-state index contributed by atoms with van der Waals surface area (Å²) in [4.78, 5) is 2.48. The molecule has 2 aromatic carbocycles. The van der Waals surface area contributed by atoms with Gasteiger partial charge in [0, 0.05) is 44.4 Å². The Morgan fingerprint density at radius 1 is 1.14 bits per heavy atom. The number of nitrogens with zero attached hydrogens (tertiary/aromatic N) is 1. The van der Waals surface area contributed by atoms with Gasteiger partial charge in [0.1, 0.15) is 11.6 Å². The maximum Gasteiger partial charge on any atom is 0.393 e. The molecule has 0 radical (unpaired) electrons. The number of rotatable bonds is 12. The Kier molecular flexibility index (Phi) is 11.3. The Hall–Kier alpha value is -3.31. The number of halogens is 5. The lowest BCUT2D eigenvalue weighted by atomic mass is 10.0. The van der Waals surface area contributed by atoms with Crippen LogP contribution in [0.2, 0.25) is 0 Å². The van der Waals surface area contributed by atoms with Crippen LogP contribution in [0.3, 0.4) is 0 Å². The first-order valence-electron chi connectivity index (χ1n) is 14.0. The predicted molar refractivity (Wildman–Crippen MR) is 160 cm³/mol. The summed E-state index contributed by atoms with van der Waals surface area (Å²) in [5.74, 6) is 5.01. The number of piperidine rings is 1. The van der Waals surface area contributed by atoms with Crippen LogP contribution in [0.25, 0.3) is 10.1 Å². The van der Waals surface area contributed by atoms with E-state index in [2.05, 4.69) is 32.7 Å². The number of aliphatic hydroxyl groups is 2. The number of alkyl halides is 4. The molecule has 1 aromatic heterocycles. The van der Waals surface area contributed by atoms with E-state index in [-0.39, 0.29) is 53.3 Å². The molecular weight excluding hydrogens is 591 g/mol. The van der Waals surface area contributed by atoms with Gasteiger partial charge in [-0.3, -0.25) is 0 Å². The van der Waals surface area contributed by atoms with Crippen LogP contribution in [0.15, 0.2) is 30.3 Å². The van der Waals surface area contributed by atoms with E-state index >= 15 is 0 Å². The van der Waals surface area contributed by atoms with Crippen LogP contribution in [-0.4, -0.2) is 79.6 Å². The van der Waals surface area contributed by atoms with Crippen LogP contribution < -0.4 is 20.7 Å². The maximum absolute atomic E-state index is 14.5. The highest BCUT2D eigenvalue weighted by Gasteiger charge is 2.31. The van der Waals surface area contributed by atoms with Crippen LogP contribution in [-0.2, 0) is 6.42 Å². The zero-order valence-corrected chi connectivity index (χ0v) is 24.5. The van der Waals surface area contributed by atoms with Crippen molar-refractivity contribution in [2.75, 3.05) is 62.1 Å². The first-order chi connectivity index (χ1) is 20.6. The zero-order chi connectivity index (χ0) is 31.0. The standard InChI is InChI=1S/C30H35F5N4O3S/c1-19(41)17-39-11-7-20(8-12-39)38-24-5-2-4-21-22(16-30(33,34)35)28(43-29(21)24)6-3-9-36-26-14-23(32)25(37-10-13-40)15-27(26)42-18-31/h2,4-5,14-15,19-20,36-38,40-41H,7-13,16-18H2,1H3. The number of hydrogen-bond acceptors (Lipinski definition) is 8. The topological polar surface area (TPSA) is 89.0 Å². The van der Waals surface area contributed by atoms with Gasteiger partial charge in [0.15, 0.2) is 0 Å². The van der Waals surface area contributed by atoms with Crippen LogP contribution >= 0.6 is 11.3 Å². The van der Waals surface area contributed by atoms with Gasteiger partial charge in [0.2, 0.25) is 6.86 Å². The molecule has 4 rings (SSSR count). The van der Waals surface area contributed by atoms with Crippen molar-refractivity contribution in [3.63, 3.8) is 0 Å². The van der Waals surface area contributed by atoms with Gasteiger partial charge < -0.3 is 35.8 Å². The smallest absolute Gasteiger partial charge is 0.393 e. The van der Waals surface area contributed by atoms with Crippen LogP contribution in [0.1, 0.15) is 30.2 Å². The molecule has 7 nitrogen and oxygen atoms in total. The lowest BCUT2D eigenvalue weighted by Crippen LogP contribution is -2.41. The lowest BCUT2D eigenvalue weighted by molar-refractivity contribution is -0.126. The van der Waals surface area contributed by atoms with E-state index in [4.69, 9.17) is 9.84 Å². The summed E-state index contributed by atoms with van der Waals surface area (Å²) in [5, 5.41) is 28.1. The molecule has 5 N–H and O–H groups in total. The molecule has 0 saturated carbocycles. The molecular formula is C30H35F5N4O3S. The third-order valence-electron chi connectivity index (χ3n) is 6.94. The van der Waals surface area contributed by atoms with Gasteiger partial charge in [0.05, 0.1) is 52.3 Å². The monoisotopic (exact) mass is 626 g/mol. The second-order valence-electron chi connectivity index (χ2n) is 10.3. The fourth-order valence-electron chi connectivity index (χ4n) is 5.07. The van der Waals surface area contributed by atoms with Crippen molar-refractivity contribution >= 4 is 38.5 Å². The van der Waals surface area contributed by atoms with Crippen molar-refractivity contribution in [1.82, 2.24) is 4.90 Å². The molecule has 1 unspecified atom stereocenters. The minimum Gasteiger partial charge on any atom is -0.461 e. The SMILES string of the molecule is CC(O)CN1CCC(Nc2cccc3c(CC(F)(F)F)c(C#CCNc4cc(F)c(NCCO)cc4OCF)sc23)CC1. The summed E-state index contributed by atoms with van der Waals surface area (Å²) >= 11 is 1.19. The van der Waals surface area contributed by atoms with E-state index in [0.29, 0.717) is 16.6 Å². The van der Waals surface area contributed by atoms with Gasteiger partial charge in [-0.05, 0) is 36.8 Å². The normalized spacial score (nSPS) is 15.2. The quantitative estimate of drug-likeness (QED) is 0.133. The fraction of sp³-hybridized carbons (Fsp3) is 0.467. The molecule has 0 amide bonds. The minimum absolute atomic E-state index is 0.0122. The third-order valence-corrected chi connectivity index (χ3v) is 8.14. The number of nitrogens with one attached hydrogen (secondary N) is 3. The van der Waals surface area contributed by atoms with Crippen molar-refractivity contribution < 1.29 is 36.9 Å². The Morgan fingerprint density at radius 3 is 2.58 bits per heavy atom. The summed E-state index contributed by atoms with van der Waals surface area (Å²) in [7, 11) is 0. The van der Waals surface area contributed by atoms with E-state index in [9.17, 15) is 27.1 Å². The molecule has 1 fully saturated rings. The summed E-state index contributed by atoms with van der Waals surface area (Å²) in [6.45, 7) is 2.62. The number of likely N-dealkylation sites (tertiary alicyclic amines) is 1. The summed E-state index contributed by atoms with van der Waals surface area (Å²) < 4.78 is 73.9. The number of β-amino-alcohol motifs (C(OH)–C–C–N with tert-alkyl or cyclic N) is 1. The van der Waals surface area contributed by atoms with Gasteiger partial charge >= 0.3 is 6.18 Å². The molecule has 43 heavy (non-hydrogen) atoms. The number of ether oxygens (including phenoxy) is 1. The van der Waals surface area contributed by atoms with Crippen LogP contribution in [0, 0.1) is 17.7 Å². The molecule has 0 spiro atoms. The van der Waals surface area contributed by atoms with E-state index in [0.717, 1.165) is 37.7 Å². The Labute approximate surface area is 251 Å². The average Bonchev–Trinajstić information content (AvgIpc) is 3.29. The number of aliphatic hydroxyl groups excluding tert-OH is 2. The molecule has 1 atom stereocenters. The van der Waals surface area contributed by atoms with Gasteiger partial charge in [0.25, 0.3) is 0 Å². The number of anilines is 3. The Bertz CT molecular complexity index is 1430. The van der Waals surface area contributed by atoms with Crippen molar-refractivity contribution in [1.29, 1.82) is 0 Å². The van der Waals surface area contributed by atoms with E-state index < -0.39 is 31.4 Å². The highest BCUT2D eigenvalue weighted by atomic mass is 32.1. The molecule has 1 aliphatic rings. The largest absolute Gasteiger partial charge is 0.461 e. The van der Waals surface area contributed by atoms with Crippen molar-refractivity contribution in [2.45, 2.75) is 44.5 Å². The van der Waals surface area contributed by atoms with Gasteiger partial charge in [-0.2, -0.15) is 13.2 Å². The summed E-state index contributed by atoms with van der Waals surface area (Å²) in [6.07, 6.45) is -4.29. The minimum atomic E-state index is -4.44. The molecule has 0 aliphatic carbocycles. The van der Waals surface area contributed by atoms with Crippen molar-refractivity contribution in [2.24, 2.45) is 0 Å². The molecule has 3 aromatic rings. The number of benzene rings is 2. The van der Waals surface area contributed by atoms with Gasteiger partial charge in [-0.1, -0.05) is 24.0 Å². The molecule has 0 bridgehead atoms. The number of fused-ring (bicyclic) bond motifs is 1. The van der Waals surface area contributed by atoms with Gasteiger partial charge in [-0.25, -0.2) is 8.78 Å². The number of thiophene rings is 1. The Morgan fingerprint density at radius 2 is 1.91 bits per heavy atom. The first kappa shape index (κ1) is 32.6. The number of hydrogen-bond donors (Lipinski definition) is 5. The third kappa shape index (κ3) is 9.09. The molecule has 1 aliphatic heterocycles. The molecule has 2 heterocycles. The van der Waals surface area contributed by atoms with Crippen molar-refractivity contribution in [3.8, 4) is 17.6 Å². The van der Waals surface area contributed by atoms with Crippen molar-refractivity contribution in [3.05, 3.63) is 46.6 Å². The second-order valence-corrected chi connectivity index (χ2v) is 11.4. The highest BCUT2D eigenvalue weighted by Crippen LogP contribution is 2.39. The maximum atomic E-state index is 14.5. The fourth-order valence-corrected chi connectivity index (χ4v) is 6.25. The zero-order valence-electron chi connectivity index (χ0n) is 23.7. The predicted octanol–water partition coefficient (Wildman–Crippen LogP) is 5.58.